The lowest BCUT2D eigenvalue weighted by Gasteiger charge is -2.02. The van der Waals surface area contributed by atoms with Crippen LogP contribution in [0.5, 0.6) is 5.75 Å². The van der Waals surface area contributed by atoms with E-state index in [9.17, 15) is 9.18 Å². The summed E-state index contributed by atoms with van der Waals surface area (Å²) in [5, 5.41) is 17.6. The number of benzene rings is 1. The summed E-state index contributed by atoms with van der Waals surface area (Å²) in [7, 11) is 0. The highest BCUT2D eigenvalue weighted by atomic mass is 79.9. The van der Waals surface area contributed by atoms with E-state index in [1.807, 2.05) is 0 Å². The molecule has 0 atom stereocenters. The van der Waals surface area contributed by atoms with Crippen LogP contribution in [-0.2, 0) is 0 Å². The SMILES string of the molecule is N#Cc1c(C(=O)CBr)ccc(O)c1F. The average molecular weight is 258 g/mol. The number of carbonyl (C=O) groups excluding carboxylic acids is 1. The number of rotatable bonds is 2. The molecule has 0 aliphatic heterocycles. The fourth-order valence-electron chi connectivity index (χ4n) is 0.979. The molecule has 0 saturated carbocycles. The van der Waals surface area contributed by atoms with Crippen LogP contribution in [0.3, 0.4) is 0 Å². The second kappa shape index (κ2) is 4.20. The van der Waals surface area contributed by atoms with Crippen LogP contribution in [0.1, 0.15) is 15.9 Å². The average Bonchev–Trinajstić information content (AvgIpc) is 2.20. The molecular formula is C9H5BrFNO2. The molecule has 0 heterocycles. The van der Waals surface area contributed by atoms with Gasteiger partial charge in [-0.25, -0.2) is 4.39 Å². The van der Waals surface area contributed by atoms with Gasteiger partial charge in [0, 0.05) is 5.56 Å². The predicted molar refractivity (Wildman–Crippen MR) is 50.9 cm³/mol. The van der Waals surface area contributed by atoms with E-state index in [0.29, 0.717) is 0 Å². The number of phenols is 1. The van der Waals surface area contributed by atoms with E-state index in [1.165, 1.54) is 6.07 Å². The predicted octanol–water partition coefficient (Wildman–Crippen LogP) is 1.98. The molecule has 72 valence electrons. The molecule has 3 nitrogen and oxygen atoms in total. The number of hydrogen-bond acceptors (Lipinski definition) is 3. The second-order valence-corrected chi connectivity index (χ2v) is 3.05. The van der Waals surface area contributed by atoms with E-state index >= 15 is 0 Å². The summed E-state index contributed by atoms with van der Waals surface area (Å²) in [6.45, 7) is 0. The zero-order valence-corrected chi connectivity index (χ0v) is 8.51. The van der Waals surface area contributed by atoms with E-state index < -0.39 is 22.9 Å². The summed E-state index contributed by atoms with van der Waals surface area (Å²) in [6, 6.07) is 3.81. The zero-order valence-electron chi connectivity index (χ0n) is 6.92. The van der Waals surface area contributed by atoms with Crippen LogP contribution >= 0.6 is 15.9 Å². The van der Waals surface area contributed by atoms with Gasteiger partial charge in [-0.2, -0.15) is 5.26 Å². The van der Waals surface area contributed by atoms with Crippen molar-refractivity contribution in [1.82, 2.24) is 0 Å². The molecule has 14 heavy (non-hydrogen) atoms. The number of nitriles is 1. The van der Waals surface area contributed by atoms with Crippen LogP contribution in [0.2, 0.25) is 0 Å². The van der Waals surface area contributed by atoms with E-state index in [-0.39, 0.29) is 10.9 Å². The molecule has 0 amide bonds. The molecule has 1 rings (SSSR count). The lowest BCUT2D eigenvalue weighted by Crippen LogP contribution is -2.04. The van der Waals surface area contributed by atoms with Crippen LogP contribution < -0.4 is 0 Å². The van der Waals surface area contributed by atoms with Gasteiger partial charge in [-0.05, 0) is 12.1 Å². The maximum Gasteiger partial charge on any atom is 0.183 e. The Hall–Kier alpha value is -1.41. The first-order valence-corrected chi connectivity index (χ1v) is 4.74. The Balaban J connectivity index is 3.40. The quantitative estimate of drug-likeness (QED) is 0.651. The minimum Gasteiger partial charge on any atom is -0.505 e. The van der Waals surface area contributed by atoms with Crippen LogP contribution in [-0.4, -0.2) is 16.2 Å². The molecule has 0 spiro atoms. The first-order valence-electron chi connectivity index (χ1n) is 3.62. The Labute approximate surface area is 87.9 Å². The first-order chi connectivity index (χ1) is 6.61. The number of hydrogen-bond donors (Lipinski definition) is 1. The Morgan fingerprint density at radius 1 is 1.64 bits per heavy atom. The molecule has 1 N–H and O–H groups in total. The minimum atomic E-state index is -1.06. The van der Waals surface area contributed by atoms with Gasteiger partial charge in [0.05, 0.1) is 5.33 Å². The number of carbonyl (C=O) groups is 1. The summed E-state index contributed by atoms with van der Waals surface area (Å²) >= 11 is 2.91. The van der Waals surface area contributed by atoms with Gasteiger partial charge >= 0.3 is 0 Å². The lowest BCUT2D eigenvalue weighted by molar-refractivity contribution is 0.102. The van der Waals surface area contributed by atoms with Crippen LogP contribution in [0.25, 0.3) is 0 Å². The minimum absolute atomic E-state index is 0.00585. The van der Waals surface area contributed by atoms with Gasteiger partial charge in [0.2, 0.25) is 0 Å². The van der Waals surface area contributed by atoms with Gasteiger partial charge in [-0.15, -0.1) is 0 Å². The third-order valence-electron chi connectivity index (χ3n) is 1.66. The summed E-state index contributed by atoms with van der Waals surface area (Å²) in [5.41, 5.74) is -0.450. The fourth-order valence-corrected chi connectivity index (χ4v) is 1.28. The van der Waals surface area contributed by atoms with Crippen molar-refractivity contribution in [2.75, 3.05) is 5.33 Å². The van der Waals surface area contributed by atoms with Crippen molar-refractivity contribution in [3.8, 4) is 11.8 Å². The summed E-state index contributed by atoms with van der Waals surface area (Å²) < 4.78 is 13.1. The Bertz CT molecular complexity index is 426. The van der Waals surface area contributed by atoms with Gasteiger partial charge in [-0.3, -0.25) is 4.79 Å². The fraction of sp³-hybridized carbons (Fsp3) is 0.111. The number of halogens is 2. The standard InChI is InChI=1S/C9H5BrFNO2/c10-3-8(14)5-1-2-7(13)9(11)6(5)4-12/h1-2,13H,3H2. The summed E-state index contributed by atoms with van der Waals surface area (Å²) in [6.07, 6.45) is 0. The number of aromatic hydroxyl groups is 1. The molecule has 0 radical (unpaired) electrons. The highest BCUT2D eigenvalue weighted by Gasteiger charge is 2.16. The van der Waals surface area contributed by atoms with E-state index in [1.54, 1.807) is 6.07 Å². The highest BCUT2D eigenvalue weighted by Crippen LogP contribution is 2.22. The number of nitrogens with zero attached hydrogens (tertiary/aromatic N) is 1. The van der Waals surface area contributed by atoms with Gasteiger partial charge in [-0.1, -0.05) is 15.9 Å². The number of phenolic OH excluding ortho intramolecular Hbond substituents is 1. The van der Waals surface area contributed by atoms with Crippen molar-refractivity contribution >= 4 is 21.7 Å². The summed E-state index contributed by atoms with van der Waals surface area (Å²) in [4.78, 5) is 11.2. The van der Waals surface area contributed by atoms with E-state index in [4.69, 9.17) is 10.4 Å². The van der Waals surface area contributed by atoms with Crippen molar-refractivity contribution in [2.45, 2.75) is 0 Å². The molecule has 0 aliphatic carbocycles. The summed E-state index contributed by atoms with van der Waals surface area (Å²) in [5.74, 6) is -2.09. The molecule has 0 unspecified atom stereocenters. The maximum absolute atomic E-state index is 13.1. The lowest BCUT2D eigenvalue weighted by atomic mass is 10.0. The highest BCUT2D eigenvalue weighted by molar-refractivity contribution is 9.09. The normalized spacial score (nSPS) is 9.50. The van der Waals surface area contributed by atoms with E-state index in [0.717, 1.165) is 6.07 Å². The van der Waals surface area contributed by atoms with Gasteiger partial charge in [0.25, 0.3) is 0 Å². The zero-order chi connectivity index (χ0) is 10.7. The number of alkyl halides is 1. The molecule has 1 aromatic rings. The molecule has 0 saturated heterocycles. The second-order valence-electron chi connectivity index (χ2n) is 2.49. The molecular weight excluding hydrogens is 253 g/mol. The van der Waals surface area contributed by atoms with Crippen molar-refractivity contribution in [2.24, 2.45) is 0 Å². The molecule has 0 aliphatic rings. The smallest absolute Gasteiger partial charge is 0.183 e. The molecule has 5 heteroatoms. The first kappa shape index (κ1) is 10.7. The largest absolute Gasteiger partial charge is 0.505 e. The van der Waals surface area contributed by atoms with Crippen LogP contribution in [0, 0.1) is 17.1 Å². The van der Waals surface area contributed by atoms with Crippen LogP contribution in [0.15, 0.2) is 12.1 Å². The molecule has 1 aromatic carbocycles. The Kier molecular flexibility index (Phi) is 3.20. The Morgan fingerprint density at radius 3 is 2.79 bits per heavy atom. The number of ketones is 1. The van der Waals surface area contributed by atoms with E-state index in [2.05, 4.69) is 15.9 Å². The molecule has 0 fully saturated rings. The maximum atomic E-state index is 13.1. The van der Waals surface area contributed by atoms with Gasteiger partial charge in [0.1, 0.15) is 11.6 Å². The third kappa shape index (κ3) is 1.75. The van der Waals surface area contributed by atoms with Crippen molar-refractivity contribution in [3.05, 3.63) is 29.1 Å². The Morgan fingerprint density at radius 2 is 2.29 bits per heavy atom. The number of Topliss-reactive ketones (excluding diaryl/α,β-unsaturated/α-hetero) is 1. The topological polar surface area (TPSA) is 61.1 Å². The van der Waals surface area contributed by atoms with Crippen molar-refractivity contribution in [3.63, 3.8) is 0 Å². The van der Waals surface area contributed by atoms with Crippen molar-refractivity contribution in [1.29, 1.82) is 5.26 Å². The molecule has 0 aromatic heterocycles. The van der Waals surface area contributed by atoms with Gasteiger partial charge < -0.3 is 5.11 Å². The monoisotopic (exact) mass is 257 g/mol. The third-order valence-corrected chi connectivity index (χ3v) is 2.16. The van der Waals surface area contributed by atoms with Crippen molar-refractivity contribution < 1.29 is 14.3 Å². The molecule has 0 bridgehead atoms. The van der Waals surface area contributed by atoms with Crippen LogP contribution in [0.4, 0.5) is 4.39 Å². The van der Waals surface area contributed by atoms with Gasteiger partial charge in [0.15, 0.2) is 17.3 Å².